The number of benzene rings is 1. The fraction of sp³-hybridized carbons (Fsp3) is 0.316. The lowest BCUT2D eigenvalue weighted by atomic mass is 10.0. The van der Waals surface area contributed by atoms with E-state index < -0.39 is 0 Å². The summed E-state index contributed by atoms with van der Waals surface area (Å²) in [6, 6.07) is 12.0. The van der Waals surface area contributed by atoms with Gasteiger partial charge < -0.3 is 10.2 Å². The number of nitrogens with zero attached hydrogens (tertiary/aromatic N) is 2. The minimum Gasteiger partial charge on any atom is -0.319 e. The molecule has 1 aliphatic heterocycles. The number of amides is 1. The predicted octanol–water partition coefficient (Wildman–Crippen LogP) is 3.09. The molecular weight excluding hydrogens is 368 g/mol. The molecule has 7 heteroatoms. The Morgan fingerprint density at radius 2 is 2.15 bits per heavy atom. The van der Waals surface area contributed by atoms with Gasteiger partial charge >= 0.3 is 0 Å². The number of hydrogen-bond donors (Lipinski definition) is 2. The highest BCUT2D eigenvalue weighted by Gasteiger charge is 2.32. The summed E-state index contributed by atoms with van der Waals surface area (Å²) in [5, 5.41) is 4.33. The molecule has 5 nitrogen and oxygen atoms in total. The van der Waals surface area contributed by atoms with Crippen LogP contribution in [0.3, 0.4) is 0 Å². The smallest absolute Gasteiger partial charge is 0.279 e. The van der Waals surface area contributed by atoms with E-state index in [9.17, 15) is 4.79 Å². The largest absolute Gasteiger partial charge is 0.319 e. The number of carbonyl (C=O) groups excluding carboxylic acids is 1. The van der Waals surface area contributed by atoms with Crippen LogP contribution in [0.4, 0.5) is 5.69 Å². The maximum atomic E-state index is 12.5. The molecule has 2 atom stereocenters. The second kappa shape index (κ2) is 7.70. The highest BCUT2D eigenvalue weighted by atomic mass is 35.5. The number of anilines is 1. The van der Waals surface area contributed by atoms with Gasteiger partial charge in [0, 0.05) is 12.6 Å². The molecule has 3 aromatic rings. The molecule has 0 bridgehead atoms. The number of piperidine rings is 1. The number of halogens is 1. The Morgan fingerprint density at radius 1 is 1.27 bits per heavy atom. The maximum Gasteiger partial charge on any atom is 0.279 e. The van der Waals surface area contributed by atoms with E-state index in [1.165, 1.54) is 16.0 Å². The number of carbonyl (C=O) groups is 1. The molecule has 2 aromatic heterocycles. The molecule has 2 N–H and O–H groups in total. The van der Waals surface area contributed by atoms with E-state index in [0.29, 0.717) is 17.4 Å². The molecule has 0 spiro atoms. The van der Waals surface area contributed by atoms with Crippen LogP contribution >= 0.6 is 22.9 Å². The number of aromatic nitrogens is 2. The van der Waals surface area contributed by atoms with Crippen LogP contribution in [-0.2, 0) is 4.79 Å². The van der Waals surface area contributed by atoms with Crippen molar-refractivity contribution in [1.82, 2.24) is 9.97 Å². The van der Waals surface area contributed by atoms with Gasteiger partial charge in [-0.3, -0.25) is 4.79 Å². The third kappa shape index (κ3) is 3.72. The van der Waals surface area contributed by atoms with Gasteiger partial charge in [-0.25, -0.2) is 9.97 Å². The number of hydrogen-bond acceptors (Lipinski definition) is 4. The lowest BCUT2D eigenvalue weighted by Crippen LogP contribution is -3.14. The van der Waals surface area contributed by atoms with E-state index in [0.717, 1.165) is 29.9 Å². The normalized spacial score (nSPS) is 20.2. The fourth-order valence-electron chi connectivity index (χ4n) is 3.51. The van der Waals surface area contributed by atoms with E-state index in [2.05, 4.69) is 22.4 Å². The number of para-hydroxylation sites is 1. The summed E-state index contributed by atoms with van der Waals surface area (Å²) in [4.78, 5) is 22.6. The summed E-state index contributed by atoms with van der Waals surface area (Å²) in [6.07, 6.45) is 4.99. The molecule has 0 radical (unpaired) electrons. The predicted molar refractivity (Wildman–Crippen MR) is 105 cm³/mol. The van der Waals surface area contributed by atoms with Gasteiger partial charge in [0.05, 0.1) is 22.4 Å². The number of likely N-dealkylation sites (tertiary alicyclic amines) is 1. The Kier molecular flexibility index (Phi) is 5.15. The number of pyridine rings is 1. The van der Waals surface area contributed by atoms with E-state index in [4.69, 9.17) is 16.6 Å². The lowest BCUT2D eigenvalue weighted by Gasteiger charge is -2.30. The number of rotatable bonds is 4. The summed E-state index contributed by atoms with van der Waals surface area (Å²) >= 11 is 7.79. The Hall–Kier alpha value is -2.02. The third-order valence-electron chi connectivity index (χ3n) is 4.76. The molecule has 0 aliphatic carbocycles. The van der Waals surface area contributed by atoms with Crippen LogP contribution in [0.25, 0.3) is 10.2 Å². The van der Waals surface area contributed by atoms with Gasteiger partial charge in [0.25, 0.3) is 5.91 Å². The first-order valence-electron chi connectivity index (χ1n) is 8.81. The highest BCUT2D eigenvalue weighted by molar-refractivity contribution is 7.18. The minimum absolute atomic E-state index is 0.0390. The fourth-order valence-corrected chi connectivity index (χ4v) is 4.84. The summed E-state index contributed by atoms with van der Waals surface area (Å²) in [6.45, 7) is 1.39. The van der Waals surface area contributed by atoms with Crippen LogP contribution in [0.2, 0.25) is 5.15 Å². The van der Waals surface area contributed by atoms with Crippen LogP contribution in [0.1, 0.15) is 30.3 Å². The molecule has 1 amide bonds. The molecular formula is C19H20ClN4OS+. The molecule has 26 heavy (non-hydrogen) atoms. The van der Waals surface area contributed by atoms with E-state index in [1.807, 2.05) is 12.1 Å². The number of nitrogens with one attached hydrogen (secondary N) is 2. The highest BCUT2D eigenvalue weighted by Crippen LogP contribution is 2.28. The number of fused-ring (bicyclic) bond motifs is 1. The van der Waals surface area contributed by atoms with Crippen molar-refractivity contribution in [2.45, 2.75) is 25.3 Å². The summed E-state index contributed by atoms with van der Waals surface area (Å²) in [7, 11) is 0. The second-order valence-corrected chi connectivity index (χ2v) is 7.96. The standard InChI is InChI=1S/C19H19ClN4OS/c20-18-14(7-5-10-21-18)22-17(25)12-24-11-4-3-8-15(24)19-23-13-6-1-2-9-16(13)26-19/h1-2,5-7,9-10,15H,3-4,8,11-12H2,(H,22,25)/p+1/t15-/m0/s1. The van der Waals surface area contributed by atoms with Crippen molar-refractivity contribution in [3.05, 3.63) is 52.8 Å². The van der Waals surface area contributed by atoms with Crippen LogP contribution in [0.15, 0.2) is 42.6 Å². The monoisotopic (exact) mass is 387 g/mol. The van der Waals surface area contributed by atoms with Crippen molar-refractivity contribution in [3.63, 3.8) is 0 Å². The summed E-state index contributed by atoms with van der Waals surface area (Å²) in [5.41, 5.74) is 1.61. The van der Waals surface area contributed by atoms with Gasteiger partial charge in [-0.1, -0.05) is 23.7 Å². The minimum atomic E-state index is -0.0390. The molecule has 1 fully saturated rings. The Balaban J connectivity index is 1.50. The maximum absolute atomic E-state index is 12.5. The van der Waals surface area contributed by atoms with Crippen LogP contribution in [0.5, 0.6) is 0 Å². The van der Waals surface area contributed by atoms with E-state index in [-0.39, 0.29) is 11.9 Å². The first kappa shape index (κ1) is 17.4. The van der Waals surface area contributed by atoms with E-state index >= 15 is 0 Å². The molecule has 1 aromatic carbocycles. The average Bonchev–Trinajstić information content (AvgIpc) is 3.08. The van der Waals surface area contributed by atoms with Crippen molar-refractivity contribution in [2.75, 3.05) is 18.4 Å². The topological polar surface area (TPSA) is 59.3 Å². The van der Waals surface area contributed by atoms with Gasteiger partial charge in [0.15, 0.2) is 16.7 Å². The Labute approximate surface area is 161 Å². The molecule has 1 unspecified atom stereocenters. The van der Waals surface area contributed by atoms with Crippen molar-refractivity contribution >= 4 is 44.7 Å². The zero-order chi connectivity index (χ0) is 17.9. The molecule has 4 rings (SSSR count). The zero-order valence-electron chi connectivity index (χ0n) is 14.2. The summed E-state index contributed by atoms with van der Waals surface area (Å²) in [5.74, 6) is -0.0390. The molecule has 1 aliphatic rings. The van der Waals surface area contributed by atoms with Gasteiger partial charge in [0.2, 0.25) is 0 Å². The van der Waals surface area contributed by atoms with Crippen molar-refractivity contribution in [1.29, 1.82) is 0 Å². The lowest BCUT2D eigenvalue weighted by molar-refractivity contribution is -0.929. The van der Waals surface area contributed by atoms with Gasteiger partial charge in [-0.2, -0.15) is 0 Å². The van der Waals surface area contributed by atoms with Crippen molar-refractivity contribution in [3.8, 4) is 0 Å². The van der Waals surface area contributed by atoms with Crippen LogP contribution in [0, 0.1) is 0 Å². The van der Waals surface area contributed by atoms with Gasteiger partial charge in [0.1, 0.15) is 6.04 Å². The first-order chi connectivity index (χ1) is 12.7. The molecule has 3 heterocycles. The molecule has 1 saturated heterocycles. The van der Waals surface area contributed by atoms with Crippen LogP contribution in [-0.4, -0.2) is 29.0 Å². The Bertz CT molecular complexity index is 896. The van der Waals surface area contributed by atoms with Crippen molar-refractivity contribution in [2.24, 2.45) is 0 Å². The van der Waals surface area contributed by atoms with Gasteiger partial charge in [-0.05, 0) is 37.1 Å². The van der Waals surface area contributed by atoms with Crippen molar-refractivity contribution < 1.29 is 9.69 Å². The van der Waals surface area contributed by atoms with E-state index in [1.54, 1.807) is 29.7 Å². The Morgan fingerprint density at radius 3 is 3.00 bits per heavy atom. The van der Waals surface area contributed by atoms with Crippen LogP contribution < -0.4 is 10.2 Å². The number of quaternary nitrogens is 1. The molecule has 134 valence electrons. The quantitative estimate of drug-likeness (QED) is 0.676. The number of thiazole rings is 1. The second-order valence-electron chi connectivity index (χ2n) is 6.54. The molecule has 0 saturated carbocycles. The SMILES string of the molecule is O=C(C[NH+]1CCCC[C@H]1c1nc2ccccc2s1)Nc1cccnc1Cl. The van der Waals surface area contributed by atoms with Gasteiger partial charge in [-0.15, -0.1) is 11.3 Å². The zero-order valence-corrected chi connectivity index (χ0v) is 15.8. The first-order valence-corrected chi connectivity index (χ1v) is 10.0. The third-order valence-corrected chi connectivity index (χ3v) is 6.21. The average molecular weight is 388 g/mol. The summed E-state index contributed by atoms with van der Waals surface area (Å²) < 4.78 is 1.21.